The summed E-state index contributed by atoms with van der Waals surface area (Å²) in [6, 6.07) is 2.98. The Balaban J connectivity index is 1.96. The molecule has 1 aromatic heterocycles. The molecule has 0 saturated carbocycles. The van der Waals surface area contributed by atoms with Gasteiger partial charge < -0.3 is 16.0 Å². The second-order valence-electron chi connectivity index (χ2n) is 3.90. The quantitative estimate of drug-likeness (QED) is 0.757. The molecule has 1 aromatic carbocycles. The Kier molecular flexibility index (Phi) is 4.29. The van der Waals surface area contributed by atoms with Gasteiger partial charge in [0.15, 0.2) is 0 Å². The summed E-state index contributed by atoms with van der Waals surface area (Å²) in [5.74, 6) is 0.559. The summed E-state index contributed by atoms with van der Waals surface area (Å²) in [4.78, 5) is 18.9. The number of carbonyl (C=O) groups is 1. The lowest BCUT2D eigenvalue weighted by molar-refractivity contribution is 0.0954. The van der Waals surface area contributed by atoms with Crippen molar-refractivity contribution < 1.29 is 4.79 Å². The van der Waals surface area contributed by atoms with Crippen molar-refractivity contribution in [1.82, 2.24) is 15.3 Å². The fourth-order valence-electron chi connectivity index (χ4n) is 1.55. The number of hydrogen-bond acceptors (Lipinski definition) is 3. The maximum Gasteiger partial charge on any atom is 0.251 e. The predicted molar refractivity (Wildman–Crippen MR) is 75.5 cm³/mol. The van der Waals surface area contributed by atoms with E-state index < -0.39 is 0 Å². The van der Waals surface area contributed by atoms with Gasteiger partial charge in [-0.05, 0) is 12.1 Å². The van der Waals surface area contributed by atoms with Crippen molar-refractivity contribution in [2.75, 3.05) is 12.3 Å². The van der Waals surface area contributed by atoms with Gasteiger partial charge in [-0.25, -0.2) is 4.98 Å². The lowest BCUT2D eigenvalue weighted by Gasteiger charge is -2.07. The third-order valence-corrected chi connectivity index (χ3v) is 3.17. The van der Waals surface area contributed by atoms with Crippen LogP contribution in [-0.2, 0) is 6.42 Å². The zero-order valence-electron chi connectivity index (χ0n) is 9.91. The molecule has 0 aliphatic carbocycles. The number of benzene rings is 1. The Bertz CT molecular complexity index is 560. The van der Waals surface area contributed by atoms with Crippen LogP contribution >= 0.6 is 23.2 Å². The number of amides is 1. The van der Waals surface area contributed by atoms with E-state index in [-0.39, 0.29) is 21.6 Å². The molecule has 2 aromatic rings. The first kappa shape index (κ1) is 13.7. The first-order valence-electron chi connectivity index (χ1n) is 5.59. The van der Waals surface area contributed by atoms with Gasteiger partial charge in [-0.2, -0.15) is 0 Å². The third-order valence-electron chi connectivity index (χ3n) is 2.54. The number of halogens is 2. The number of imidazole rings is 1. The molecule has 0 atom stereocenters. The molecule has 0 bridgehead atoms. The van der Waals surface area contributed by atoms with Crippen LogP contribution < -0.4 is 11.1 Å². The van der Waals surface area contributed by atoms with E-state index >= 15 is 0 Å². The Hall–Kier alpha value is -1.72. The number of H-pyrrole nitrogens is 1. The molecule has 0 saturated heterocycles. The first-order chi connectivity index (χ1) is 9.08. The van der Waals surface area contributed by atoms with Crippen molar-refractivity contribution >= 4 is 34.8 Å². The number of nitrogens with zero attached hydrogens (tertiary/aromatic N) is 1. The molecule has 1 amide bonds. The van der Waals surface area contributed by atoms with Crippen molar-refractivity contribution in [3.05, 3.63) is 46.0 Å². The zero-order valence-corrected chi connectivity index (χ0v) is 11.4. The van der Waals surface area contributed by atoms with Crippen LogP contribution in [0.15, 0.2) is 24.5 Å². The highest BCUT2D eigenvalue weighted by Gasteiger charge is 2.10. The molecule has 1 heterocycles. The molecule has 7 heteroatoms. The van der Waals surface area contributed by atoms with Gasteiger partial charge in [0.05, 0.1) is 15.7 Å². The monoisotopic (exact) mass is 298 g/mol. The highest BCUT2D eigenvalue weighted by Crippen LogP contribution is 2.28. The van der Waals surface area contributed by atoms with E-state index in [0.29, 0.717) is 18.5 Å². The van der Waals surface area contributed by atoms with Crippen molar-refractivity contribution in [3.8, 4) is 0 Å². The van der Waals surface area contributed by atoms with E-state index in [9.17, 15) is 4.79 Å². The van der Waals surface area contributed by atoms with Crippen LogP contribution in [-0.4, -0.2) is 22.4 Å². The molecule has 0 aliphatic heterocycles. The molecule has 0 fully saturated rings. The van der Waals surface area contributed by atoms with Gasteiger partial charge in [-0.1, -0.05) is 23.2 Å². The second-order valence-corrected chi connectivity index (χ2v) is 4.71. The summed E-state index contributed by atoms with van der Waals surface area (Å²) in [7, 11) is 0. The van der Waals surface area contributed by atoms with Crippen LogP contribution in [0.5, 0.6) is 0 Å². The number of nitrogens with one attached hydrogen (secondary N) is 2. The predicted octanol–water partition coefficient (Wildman–Crippen LogP) is 2.27. The smallest absolute Gasteiger partial charge is 0.251 e. The number of carbonyl (C=O) groups excluding carboxylic acids is 1. The Morgan fingerprint density at radius 1 is 1.37 bits per heavy atom. The van der Waals surface area contributed by atoms with E-state index in [1.165, 1.54) is 12.1 Å². The third kappa shape index (κ3) is 3.39. The summed E-state index contributed by atoms with van der Waals surface area (Å²) < 4.78 is 0. The van der Waals surface area contributed by atoms with Gasteiger partial charge in [0.1, 0.15) is 5.82 Å². The van der Waals surface area contributed by atoms with Crippen LogP contribution in [0, 0.1) is 0 Å². The fraction of sp³-hybridized carbons (Fsp3) is 0.167. The Labute approximate surface area is 120 Å². The lowest BCUT2D eigenvalue weighted by atomic mass is 10.2. The Morgan fingerprint density at radius 2 is 2.05 bits per heavy atom. The molecule has 5 nitrogen and oxygen atoms in total. The molecule has 0 radical (unpaired) electrons. The summed E-state index contributed by atoms with van der Waals surface area (Å²) in [5, 5.41) is 3.29. The van der Waals surface area contributed by atoms with Crippen LogP contribution in [0.2, 0.25) is 10.0 Å². The summed E-state index contributed by atoms with van der Waals surface area (Å²) in [6.07, 6.45) is 4.02. The summed E-state index contributed by atoms with van der Waals surface area (Å²) >= 11 is 11.7. The minimum absolute atomic E-state index is 0.254. The fourth-order valence-corrected chi connectivity index (χ4v) is 2.03. The number of anilines is 1. The second kappa shape index (κ2) is 5.95. The minimum Gasteiger partial charge on any atom is -0.396 e. The number of rotatable bonds is 4. The van der Waals surface area contributed by atoms with Gasteiger partial charge >= 0.3 is 0 Å². The highest BCUT2D eigenvalue weighted by atomic mass is 35.5. The first-order valence-corrected chi connectivity index (χ1v) is 6.34. The van der Waals surface area contributed by atoms with Gasteiger partial charge in [0.2, 0.25) is 0 Å². The standard InChI is InChI=1S/C12H12Cl2N4O/c13-8-5-7(6-9(14)11(8)15)12(19)18-2-1-10-16-3-4-17-10/h3-6H,1-2,15H2,(H,16,17)(H,18,19). The number of nitrogens with two attached hydrogens (primary N) is 1. The Morgan fingerprint density at radius 3 is 2.63 bits per heavy atom. The molecule has 4 N–H and O–H groups in total. The van der Waals surface area contributed by atoms with Gasteiger partial charge in [-0.15, -0.1) is 0 Å². The van der Waals surface area contributed by atoms with E-state index in [1.807, 2.05) is 0 Å². The molecule has 19 heavy (non-hydrogen) atoms. The SMILES string of the molecule is Nc1c(Cl)cc(C(=O)NCCc2ncc[nH]2)cc1Cl. The topological polar surface area (TPSA) is 83.8 Å². The molecule has 0 spiro atoms. The average molecular weight is 299 g/mol. The van der Waals surface area contributed by atoms with Crippen molar-refractivity contribution in [1.29, 1.82) is 0 Å². The van der Waals surface area contributed by atoms with Gasteiger partial charge in [0, 0.05) is 30.9 Å². The minimum atomic E-state index is -0.254. The van der Waals surface area contributed by atoms with Gasteiger partial charge in [-0.3, -0.25) is 4.79 Å². The molecule has 0 unspecified atom stereocenters. The molecule has 0 aliphatic rings. The zero-order chi connectivity index (χ0) is 13.8. The normalized spacial score (nSPS) is 10.4. The van der Waals surface area contributed by atoms with Crippen molar-refractivity contribution in [3.63, 3.8) is 0 Å². The molecular formula is C12H12Cl2N4O. The maximum absolute atomic E-state index is 11.9. The van der Waals surface area contributed by atoms with Crippen LogP contribution in [0.25, 0.3) is 0 Å². The van der Waals surface area contributed by atoms with E-state index in [0.717, 1.165) is 5.82 Å². The number of hydrogen-bond donors (Lipinski definition) is 3. The summed E-state index contributed by atoms with van der Waals surface area (Å²) in [6.45, 7) is 0.464. The largest absolute Gasteiger partial charge is 0.396 e. The maximum atomic E-state index is 11.9. The van der Waals surface area contributed by atoms with Gasteiger partial charge in [0.25, 0.3) is 5.91 Å². The average Bonchev–Trinajstić information content (AvgIpc) is 2.88. The molecule has 2 rings (SSSR count). The molecule has 100 valence electrons. The number of aromatic nitrogens is 2. The number of aromatic amines is 1. The molecular weight excluding hydrogens is 287 g/mol. The lowest BCUT2D eigenvalue weighted by Crippen LogP contribution is -2.26. The van der Waals surface area contributed by atoms with Crippen molar-refractivity contribution in [2.45, 2.75) is 6.42 Å². The van der Waals surface area contributed by atoms with Crippen LogP contribution in [0.3, 0.4) is 0 Å². The van der Waals surface area contributed by atoms with Crippen LogP contribution in [0.4, 0.5) is 5.69 Å². The van der Waals surface area contributed by atoms with Crippen LogP contribution in [0.1, 0.15) is 16.2 Å². The van der Waals surface area contributed by atoms with E-state index in [1.54, 1.807) is 12.4 Å². The van der Waals surface area contributed by atoms with Crippen molar-refractivity contribution in [2.24, 2.45) is 0 Å². The number of nitrogen functional groups attached to an aromatic ring is 1. The highest BCUT2D eigenvalue weighted by molar-refractivity contribution is 6.39. The summed E-state index contributed by atoms with van der Waals surface area (Å²) in [5.41, 5.74) is 6.26. The van der Waals surface area contributed by atoms with E-state index in [2.05, 4.69) is 15.3 Å². The van der Waals surface area contributed by atoms with E-state index in [4.69, 9.17) is 28.9 Å².